The maximum absolute atomic E-state index is 12.2. The van der Waals surface area contributed by atoms with E-state index in [-0.39, 0.29) is 12.1 Å². The Labute approximate surface area is 134 Å². The molecule has 3 rings (SSSR count). The number of nitrogens with one attached hydrogen (secondary N) is 1. The Balaban J connectivity index is 2.01. The number of anilines is 1. The summed E-state index contributed by atoms with van der Waals surface area (Å²) in [7, 11) is 0. The number of rotatable bonds is 3. The summed E-state index contributed by atoms with van der Waals surface area (Å²) in [5, 5.41) is 24.3. The molecule has 1 aliphatic heterocycles. The van der Waals surface area contributed by atoms with Gasteiger partial charge in [0.2, 0.25) is 0 Å². The number of nitrogens with zero attached hydrogens (tertiary/aromatic N) is 1. The van der Waals surface area contributed by atoms with Gasteiger partial charge >= 0.3 is 0 Å². The molecule has 0 aromatic heterocycles. The highest BCUT2D eigenvalue weighted by Crippen LogP contribution is 2.40. The third kappa shape index (κ3) is 2.38. The standard InChI is InChI=1S/C15H11BrN2O4/c16-10-4-5-13-12(7-10)15(20,14(19)17-13)8-9-2-1-3-11(6-9)18(21)22/h1-7,20H,8H2,(H,17,19). The number of amides is 1. The summed E-state index contributed by atoms with van der Waals surface area (Å²) in [6, 6.07) is 11.0. The van der Waals surface area contributed by atoms with Gasteiger partial charge in [0.05, 0.1) is 4.92 Å². The van der Waals surface area contributed by atoms with Gasteiger partial charge in [-0.2, -0.15) is 0 Å². The molecule has 2 aromatic carbocycles. The molecule has 7 heteroatoms. The van der Waals surface area contributed by atoms with Gasteiger partial charge in [0.1, 0.15) is 0 Å². The molecule has 0 saturated heterocycles. The molecule has 0 aliphatic carbocycles. The van der Waals surface area contributed by atoms with Crippen LogP contribution < -0.4 is 5.32 Å². The number of hydrogen-bond donors (Lipinski definition) is 2. The van der Waals surface area contributed by atoms with Gasteiger partial charge < -0.3 is 10.4 Å². The predicted octanol–water partition coefficient (Wildman–Crippen LogP) is 2.74. The number of aliphatic hydroxyl groups is 1. The average molecular weight is 363 g/mol. The molecular weight excluding hydrogens is 352 g/mol. The number of fused-ring (bicyclic) bond motifs is 1. The van der Waals surface area contributed by atoms with Crippen LogP contribution in [-0.4, -0.2) is 15.9 Å². The van der Waals surface area contributed by atoms with Crippen molar-refractivity contribution >= 4 is 33.2 Å². The number of carbonyl (C=O) groups excluding carboxylic acids is 1. The minimum absolute atomic E-state index is 0.0377. The first-order chi connectivity index (χ1) is 10.4. The minimum Gasteiger partial charge on any atom is -0.375 e. The van der Waals surface area contributed by atoms with E-state index in [2.05, 4.69) is 21.2 Å². The first kappa shape index (κ1) is 14.7. The second-order valence-electron chi connectivity index (χ2n) is 5.11. The van der Waals surface area contributed by atoms with Crippen LogP contribution in [-0.2, 0) is 16.8 Å². The van der Waals surface area contributed by atoms with Crippen molar-refractivity contribution < 1.29 is 14.8 Å². The second-order valence-corrected chi connectivity index (χ2v) is 6.02. The molecule has 1 amide bonds. The van der Waals surface area contributed by atoms with Crippen LogP contribution in [0, 0.1) is 10.1 Å². The topological polar surface area (TPSA) is 92.5 Å². The van der Waals surface area contributed by atoms with Crippen LogP contribution in [0.15, 0.2) is 46.9 Å². The summed E-state index contributed by atoms with van der Waals surface area (Å²) >= 11 is 3.31. The molecule has 1 heterocycles. The van der Waals surface area contributed by atoms with Gasteiger partial charge in [-0.3, -0.25) is 14.9 Å². The molecule has 1 aliphatic rings. The number of nitro benzene ring substituents is 1. The highest BCUT2D eigenvalue weighted by molar-refractivity contribution is 9.10. The normalized spacial score (nSPS) is 19.6. The summed E-state index contributed by atoms with van der Waals surface area (Å²) < 4.78 is 0.736. The second kappa shape index (κ2) is 5.19. The molecule has 22 heavy (non-hydrogen) atoms. The minimum atomic E-state index is -1.74. The van der Waals surface area contributed by atoms with Gasteiger partial charge in [-0.15, -0.1) is 0 Å². The fourth-order valence-corrected chi connectivity index (χ4v) is 2.93. The monoisotopic (exact) mass is 362 g/mol. The van der Waals surface area contributed by atoms with E-state index >= 15 is 0 Å². The molecule has 1 unspecified atom stereocenters. The van der Waals surface area contributed by atoms with Gasteiger partial charge in [0.25, 0.3) is 11.6 Å². The lowest BCUT2D eigenvalue weighted by atomic mass is 9.88. The van der Waals surface area contributed by atoms with E-state index < -0.39 is 16.4 Å². The molecule has 112 valence electrons. The van der Waals surface area contributed by atoms with Gasteiger partial charge in [-0.1, -0.05) is 28.1 Å². The van der Waals surface area contributed by atoms with Gasteiger partial charge in [-0.05, 0) is 23.8 Å². The number of halogens is 1. The van der Waals surface area contributed by atoms with Gasteiger partial charge in [0.15, 0.2) is 5.60 Å². The molecule has 1 atom stereocenters. The zero-order valence-corrected chi connectivity index (χ0v) is 12.8. The van der Waals surface area contributed by atoms with Crippen molar-refractivity contribution in [3.8, 4) is 0 Å². The summed E-state index contributed by atoms with van der Waals surface area (Å²) in [6.07, 6.45) is -0.0377. The first-order valence-corrected chi connectivity index (χ1v) is 7.26. The van der Waals surface area contributed by atoms with E-state index in [0.717, 1.165) is 4.47 Å². The van der Waals surface area contributed by atoms with Crippen molar-refractivity contribution in [3.63, 3.8) is 0 Å². The Hall–Kier alpha value is -2.25. The summed E-state index contributed by atoms with van der Waals surface area (Å²) in [6.45, 7) is 0. The van der Waals surface area contributed by atoms with Gasteiger partial charge in [0, 0.05) is 34.3 Å². The molecule has 0 saturated carbocycles. The summed E-state index contributed by atoms with van der Waals surface area (Å²) in [5.74, 6) is -0.535. The van der Waals surface area contributed by atoms with Crippen LogP contribution in [0.5, 0.6) is 0 Å². The van der Waals surface area contributed by atoms with E-state index in [1.807, 2.05) is 0 Å². The fourth-order valence-electron chi connectivity index (χ4n) is 2.57. The van der Waals surface area contributed by atoms with E-state index in [1.54, 1.807) is 24.3 Å². The Bertz CT molecular complexity index is 793. The highest BCUT2D eigenvalue weighted by Gasteiger charge is 2.45. The van der Waals surface area contributed by atoms with Crippen LogP contribution in [0.3, 0.4) is 0 Å². The number of nitro groups is 1. The maximum Gasteiger partial charge on any atom is 0.269 e. The lowest BCUT2D eigenvalue weighted by Crippen LogP contribution is -2.36. The third-order valence-corrected chi connectivity index (χ3v) is 4.13. The summed E-state index contributed by atoms with van der Waals surface area (Å²) in [5.41, 5.74) is -0.304. The number of benzene rings is 2. The van der Waals surface area contributed by atoms with Crippen molar-refractivity contribution in [2.24, 2.45) is 0 Å². The first-order valence-electron chi connectivity index (χ1n) is 6.47. The molecule has 0 radical (unpaired) electrons. The third-order valence-electron chi connectivity index (χ3n) is 3.63. The molecule has 2 aromatic rings. The van der Waals surface area contributed by atoms with Crippen LogP contribution in [0.25, 0.3) is 0 Å². The van der Waals surface area contributed by atoms with Crippen molar-refractivity contribution in [2.75, 3.05) is 5.32 Å². The van der Waals surface area contributed by atoms with Crippen molar-refractivity contribution in [1.29, 1.82) is 0 Å². The molecule has 0 fully saturated rings. The van der Waals surface area contributed by atoms with E-state index in [9.17, 15) is 20.0 Å². The lowest BCUT2D eigenvalue weighted by molar-refractivity contribution is -0.384. The maximum atomic E-state index is 12.2. The van der Waals surface area contributed by atoms with Crippen LogP contribution >= 0.6 is 15.9 Å². The molecule has 6 nitrogen and oxygen atoms in total. The SMILES string of the molecule is O=C1Nc2ccc(Br)cc2C1(O)Cc1cccc([N+](=O)[O-])c1. The zero-order chi connectivity index (χ0) is 15.9. The summed E-state index contributed by atoms with van der Waals surface area (Å²) in [4.78, 5) is 22.5. The fraction of sp³-hybridized carbons (Fsp3) is 0.133. The van der Waals surface area contributed by atoms with Crippen molar-refractivity contribution in [3.05, 3.63) is 68.2 Å². The quantitative estimate of drug-likeness (QED) is 0.648. The average Bonchev–Trinajstić information content (AvgIpc) is 2.71. The van der Waals surface area contributed by atoms with Crippen molar-refractivity contribution in [1.82, 2.24) is 0 Å². The van der Waals surface area contributed by atoms with Crippen LogP contribution in [0.4, 0.5) is 11.4 Å². The highest BCUT2D eigenvalue weighted by atomic mass is 79.9. The van der Waals surface area contributed by atoms with E-state index in [0.29, 0.717) is 16.8 Å². The zero-order valence-electron chi connectivity index (χ0n) is 11.2. The smallest absolute Gasteiger partial charge is 0.269 e. The number of carbonyl (C=O) groups is 1. The Morgan fingerprint density at radius 1 is 1.27 bits per heavy atom. The van der Waals surface area contributed by atoms with Gasteiger partial charge in [-0.25, -0.2) is 0 Å². The molecule has 0 bridgehead atoms. The van der Waals surface area contributed by atoms with E-state index in [4.69, 9.17) is 0 Å². The molecule has 0 spiro atoms. The Morgan fingerprint density at radius 2 is 2.05 bits per heavy atom. The molecule has 2 N–H and O–H groups in total. The van der Waals surface area contributed by atoms with Crippen molar-refractivity contribution in [2.45, 2.75) is 12.0 Å². The number of non-ortho nitro benzene ring substituents is 1. The Kier molecular flexibility index (Phi) is 3.46. The largest absolute Gasteiger partial charge is 0.375 e. The molecular formula is C15H11BrN2O4. The lowest BCUT2D eigenvalue weighted by Gasteiger charge is -2.21. The predicted molar refractivity (Wildman–Crippen MR) is 83.5 cm³/mol. The number of hydrogen-bond acceptors (Lipinski definition) is 4. The van der Waals surface area contributed by atoms with Crippen LogP contribution in [0.2, 0.25) is 0 Å². The van der Waals surface area contributed by atoms with Crippen LogP contribution in [0.1, 0.15) is 11.1 Å². The Morgan fingerprint density at radius 3 is 2.77 bits per heavy atom. The van der Waals surface area contributed by atoms with E-state index in [1.165, 1.54) is 18.2 Å².